The Morgan fingerprint density at radius 2 is 0.750 bits per heavy atom. The van der Waals surface area contributed by atoms with Crippen molar-refractivity contribution < 1.29 is 19.2 Å². The first-order valence-electron chi connectivity index (χ1n) is 38.4. The van der Waals surface area contributed by atoms with Crippen LogP contribution in [0.25, 0.3) is 0 Å². The highest BCUT2D eigenvalue weighted by Gasteiger charge is 2.32. The zero-order valence-corrected chi connectivity index (χ0v) is 66.4. The highest BCUT2D eigenvalue weighted by Crippen LogP contribution is 2.27. The molecule has 16 heteroatoms. The summed E-state index contributed by atoms with van der Waals surface area (Å²) in [5.41, 5.74) is 5.42. The number of piperazine rings is 2. The van der Waals surface area contributed by atoms with Gasteiger partial charge in [-0.3, -0.25) is 9.80 Å². The summed E-state index contributed by atoms with van der Waals surface area (Å²) in [4.78, 5) is 62.6. The van der Waals surface area contributed by atoms with E-state index >= 15 is 0 Å². The van der Waals surface area contributed by atoms with E-state index in [0.29, 0.717) is 17.5 Å². The van der Waals surface area contributed by atoms with Gasteiger partial charge < -0.3 is 51.1 Å². The maximum Gasteiger partial charge on any atom is 0.317 e. The molecular weight excluding hydrogens is 1240 g/mol. The van der Waals surface area contributed by atoms with Gasteiger partial charge in [0.15, 0.2) is 0 Å². The van der Waals surface area contributed by atoms with Crippen LogP contribution in [-0.4, -0.2) is 197 Å². The van der Waals surface area contributed by atoms with Crippen molar-refractivity contribution in [3.05, 3.63) is 144 Å². The van der Waals surface area contributed by atoms with Crippen molar-refractivity contribution in [3.63, 3.8) is 0 Å². The van der Waals surface area contributed by atoms with Gasteiger partial charge in [0.1, 0.15) is 0 Å². The lowest BCUT2D eigenvalue weighted by molar-refractivity contribution is 0.0790. The van der Waals surface area contributed by atoms with Crippen molar-refractivity contribution in [1.82, 2.24) is 60.9 Å². The van der Waals surface area contributed by atoms with Crippen molar-refractivity contribution >= 4 is 24.1 Å². The molecule has 6 aliphatic rings. The summed E-state index contributed by atoms with van der Waals surface area (Å²) in [7, 11) is 2.08. The fourth-order valence-electron chi connectivity index (χ4n) is 12.9. The van der Waals surface area contributed by atoms with Crippen molar-refractivity contribution in [3.8, 4) is 0 Å². The number of carbonyl (C=O) groups is 4. The number of nitrogens with one attached hydrogen (secondary N) is 5. The van der Waals surface area contributed by atoms with Crippen LogP contribution in [0.2, 0.25) is 0 Å². The van der Waals surface area contributed by atoms with Crippen molar-refractivity contribution in [1.29, 1.82) is 0 Å². The third-order valence-corrected chi connectivity index (χ3v) is 18.2. The highest BCUT2D eigenvalue weighted by molar-refractivity contribution is 5.76. The van der Waals surface area contributed by atoms with E-state index in [2.05, 4.69) is 199 Å². The Kier molecular flexibility index (Phi) is 37.7. The molecule has 3 atom stereocenters. The van der Waals surface area contributed by atoms with E-state index in [1.807, 2.05) is 115 Å². The zero-order chi connectivity index (χ0) is 73.9. The number of likely N-dealkylation sites (N-methyl/N-ethyl adjacent to an activating group) is 1. The summed E-state index contributed by atoms with van der Waals surface area (Å²) in [6, 6.07) is 43.5. The third-order valence-electron chi connectivity index (χ3n) is 18.2. The van der Waals surface area contributed by atoms with Gasteiger partial charge >= 0.3 is 24.1 Å². The molecular formula is C84H142N12O4. The quantitative estimate of drug-likeness (QED) is 0.117. The number of amides is 8. The normalized spacial score (nSPS) is 19.6. The molecule has 4 aromatic carbocycles. The van der Waals surface area contributed by atoms with Crippen LogP contribution in [0, 0.1) is 17.8 Å². The smallest absolute Gasteiger partial charge is 0.317 e. The molecule has 16 nitrogen and oxygen atoms in total. The molecule has 0 aromatic heterocycles. The monoisotopic (exact) mass is 1380 g/mol. The van der Waals surface area contributed by atoms with E-state index in [4.69, 9.17) is 0 Å². The number of rotatable bonds is 8. The van der Waals surface area contributed by atoms with Gasteiger partial charge in [-0.2, -0.15) is 0 Å². The van der Waals surface area contributed by atoms with E-state index in [0.717, 1.165) is 116 Å². The molecule has 5 N–H and O–H groups in total. The Balaban J connectivity index is 0.000000255. The van der Waals surface area contributed by atoms with E-state index in [9.17, 15) is 19.2 Å². The Bertz CT molecular complexity index is 2850. The van der Waals surface area contributed by atoms with Gasteiger partial charge in [-0.15, -0.1) is 0 Å². The molecule has 0 saturated carbocycles. The number of likely N-dealkylation sites (tertiary alicyclic amines) is 3. The van der Waals surface area contributed by atoms with Gasteiger partial charge in [0.25, 0.3) is 0 Å². The van der Waals surface area contributed by atoms with E-state index in [1.165, 1.54) is 99.8 Å². The van der Waals surface area contributed by atoms with Crippen LogP contribution in [0.5, 0.6) is 0 Å². The van der Waals surface area contributed by atoms with Crippen molar-refractivity contribution in [2.24, 2.45) is 17.8 Å². The van der Waals surface area contributed by atoms with Gasteiger partial charge in [-0.05, 0) is 248 Å². The van der Waals surface area contributed by atoms with E-state index in [-0.39, 0.29) is 46.3 Å². The minimum atomic E-state index is -0.179. The molecule has 0 aliphatic carbocycles. The zero-order valence-electron chi connectivity index (χ0n) is 66.4. The summed E-state index contributed by atoms with van der Waals surface area (Å²) in [6.07, 6.45) is 14.9. The second-order valence-electron chi connectivity index (χ2n) is 34.0. The summed E-state index contributed by atoms with van der Waals surface area (Å²) in [6.45, 7) is 53.1. The number of hydrogen-bond donors (Lipinski definition) is 5. The lowest BCUT2D eigenvalue weighted by atomic mass is 9.89. The first-order chi connectivity index (χ1) is 47.1. The van der Waals surface area contributed by atoms with Gasteiger partial charge in [0.2, 0.25) is 0 Å². The summed E-state index contributed by atoms with van der Waals surface area (Å²) < 4.78 is 0. The number of benzene rings is 4. The predicted molar refractivity (Wildman–Crippen MR) is 421 cm³/mol. The molecule has 6 heterocycles. The van der Waals surface area contributed by atoms with Crippen LogP contribution in [0.4, 0.5) is 19.2 Å². The molecule has 10 rings (SSSR count). The van der Waals surface area contributed by atoms with E-state index in [1.54, 1.807) is 0 Å². The minimum Gasteiger partial charge on any atom is -0.333 e. The fraction of sp³-hybridized carbons (Fsp3) is 0.667. The van der Waals surface area contributed by atoms with Crippen molar-refractivity contribution in [2.45, 2.75) is 242 Å². The molecule has 0 spiro atoms. The maximum absolute atomic E-state index is 12.2. The molecule has 8 amide bonds. The van der Waals surface area contributed by atoms with Gasteiger partial charge in [0.05, 0.1) is 0 Å². The van der Waals surface area contributed by atoms with Crippen LogP contribution in [0.1, 0.15) is 205 Å². The van der Waals surface area contributed by atoms with Crippen LogP contribution >= 0.6 is 0 Å². The van der Waals surface area contributed by atoms with Crippen LogP contribution in [-0.2, 0) is 25.8 Å². The van der Waals surface area contributed by atoms with Gasteiger partial charge in [-0.1, -0.05) is 142 Å². The van der Waals surface area contributed by atoms with Gasteiger partial charge in [0, 0.05) is 119 Å². The Labute approximate surface area is 609 Å². The average Bonchev–Trinajstić information content (AvgIpc) is 1.13. The lowest BCUT2D eigenvalue weighted by Crippen LogP contribution is -2.57. The topological polar surface area (TPSA) is 151 Å². The SMILES string of the molecule is CC(C)(C)N1CCCC(Cc2ccccc2)C1.CC(C)(C)NC(=O)N1CCC(Cc2ccccc2)C1.CC(C)(C)NC(=O)N1CCCCC1.CC1CN(C(=O)NC(C)(C)C)CCN1Cc1ccccc1.CCC.CN1CCN(C(=O)NC(C)(C)C)CC1.c1ccc(CC2CCNCC2)cc1. The molecule has 3 unspecified atom stereocenters. The Morgan fingerprint density at radius 1 is 0.390 bits per heavy atom. The number of nitrogens with zero attached hydrogens (tertiary/aromatic N) is 7. The Morgan fingerprint density at radius 3 is 1.15 bits per heavy atom. The third kappa shape index (κ3) is 37.6. The van der Waals surface area contributed by atoms with Crippen LogP contribution < -0.4 is 26.6 Å². The fourth-order valence-corrected chi connectivity index (χ4v) is 12.9. The minimum absolute atomic E-state index is 0.0497. The lowest BCUT2D eigenvalue weighted by Gasteiger charge is -2.41. The van der Waals surface area contributed by atoms with Crippen molar-refractivity contribution in [2.75, 3.05) is 105 Å². The Hall–Kier alpha value is -6.20. The van der Waals surface area contributed by atoms with E-state index < -0.39 is 0 Å². The number of piperidine rings is 3. The average molecular weight is 1380 g/mol. The first kappa shape index (κ1) is 86.2. The largest absolute Gasteiger partial charge is 0.333 e. The summed E-state index contributed by atoms with van der Waals surface area (Å²) in [5, 5.41) is 15.4. The predicted octanol–water partition coefficient (Wildman–Crippen LogP) is 15.9. The molecule has 100 heavy (non-hydrogen) atoms. The molecule has 0 radical (unpaired) electrons. The molecule has 4 aromatic rings. The molecule has 6 aliphatic heterocycles. The molecule has 6 saturated heterocycles. The number of hydrogen-bond acceptors (Lipinski definition) is 8. The maximum atomic E-state index is 12.2. The molecule has 562 valence electrons. The van der Waals surface area contributed by atoms with Gasteiger partial charge in [-0.25, -0.2) is 19.2 Å². The van der Waals surface area contributed by atoms with Crippen LogP contribution in [0.15, 0.2) is 121 Å². The standard InChI is InChI=1S/C17H27N3O.C16H24N2O.C16H25N.C12H17N.C10H21N3O.C10H20N2O.C3H8/c1-14-12-20(16(21)18-17(2,3)4)11-10-19(14)13-15-8-6-5-7-9-15;1-16(2,3)17-15(19)18-10-9-14(12-18)11-13-7-5-4-6-8-13;1-16(2,3)17-11-7-10-15(13-17)12-14-8-5-4-6-9-14;1-2-4-11(5-3-1)10-12-6-8-13-9-7-12;1-10(2,3)11-9(14)13-7-5-12(4)6-8-13;1-10(2,3)11-9(13)12-7-5-4-6-8-12;1-3-2/h5-9,14H,10-13H2,1-4H3,(H,18,21);4-8,14H,9-12H2,1-3H3,(H,17,19);4-6,8-9,15H,7,10-13H2,1-3H3;1-5,12-13H,6-10H2;5-8H2,1-4H3,(H,11,14);4-8H2,1-3H3,(H,11,13);3H2,1-2H3. The van der Waals surface area contributed by atoms with Crippen LogP contribution in [0.3, 0.4) is 0 Å². The second-order valence-corrected chi connectivity index (χ2v) is 34.0. The number of carbonyl (C=O) groups excluding carboxylic acids is 4. The summed E-state index contributed by atoms with van der Waals surface area (Å²) in [5.74, 6) is 2.34. The summed E-state index contributed by atoms with van der Waals surface area (Å²) >= 11 is 0. The molecule has 6 fully saturated rings. The number of urea groups is 4. The highest BCUT2D eigenvalue weighted by atomic mass is 16.2. The second kappa shape index (κ2) is 43.7. The molecule has 0 bridgehead atoms. The first-order valence-corrected chi connectivity index (χ1v) is 38.4.